The Balaban J connectivity index is 1.72. The van der Waals surface area contributed by atoms with Crippen LogP contribution < -0.4 is 9.64 Å². The van der Waals surface area contributed by atoms with Crippen molar-refractivity contribution in [2.24, 2.45) is 11.8 Å². The Morgan fingerprint density at radius 2 is 1.84 bits per heavy atom. The number of amides is 1. The van der Waals surface area contributed by atoms with Crippen molar-refractivity contribution in [1.29, 1.82) is 0 Å². The van der Waals surface area contributed by atoms with Gasteiger partial charge in [0.05, 0.1) is 5.92 Å². The van der Waals surface area contributed by atoms with Gasteiger partial charge in [-0.2, -0.15) is 8.78 Å². The number of aliphatic carboxylic acids is 1. The first-order valence-electron chi connectivity index (χ1n) is 8.57. The second-order valence-electron chi connectivity index (χ2n) is 6.65. The van der Waals surface area contributed by atoms with E-state index in [4.69, 9.17) is 5.11 Å². The summed E-state index contributed by atoms with van der Waals surface area (Å²) >= 11 is 0. The Morgan fingerprint density at radius 3 is 2.48 bits per heavy atom. The molecule has 0 aromatic heterocycles. The number of alkyl halides is 2. The van der Waals surface area contributed by atoms with Gasteiger partial charge in [-0.15, -0.1) is 0 Å². The molecule has 1 fully saturated rings. The molecule has 25 heavy (non-hydrogen) atoms. The summed E-state index contributed by atoms with van der Waals surface area (Å²) in [6, 6.07) is 4.69. The largest absolute Gasteiger partial charge is 0.481 e. The second-order valence-corrected chi connectivity index (χ2v) is 6.65. The minimum absolute atomic E-state index is 0.00677. The predicted molar refractivity (Wildman–Crippen MR) is 86.8 cm³/mol. The molecule has 1 amide bonds. The first-order valence-corrected chi connectivity index (χ1v) is 8.57. The van der Waals surface area contributed by atoms with Crippen molar-refractivity contribution in [3.63, 3.8) is 0 Å². The molecule has 0 unspecified atom stereocenters. The second kappa shape index (κ2) is 7.37. The van der Waals surface area contributed by atoms with Crippen molar-refractivity contribution in [3.8, 4) is 5.75 Å². The zero-order valence-corrected chi connectivity index (χ0v) is 13.8. The Kier molecular flexibility index (Phi) is 5.20. The van der Waals surface area contributed by atoms with Crippen molar-refractivity contribution >= 4 is 17.6 Å². The standard InChI is InChI=1S/C18H21F2NO4/c19-18(20)25-14-7-8-15-13(10-14)2-1-9-21(15)16(22)11-3-5-12(6-4-11)17(23)24/h7-8,10-12,18H,1-6,9H2,(H,23,24). The number of carboxylic acids is 1. The fourth-order valence-corrected chi connectivity index (χ4v) is 3.79. The number of hydrogen-bond acceptors (Lipinski definition) is 3. The van der Waals surface area contributed by atoms with E-state index in [-0.39, 0.29) is 23.5 Å². The van der Waals surface area contributed by atoms with E-state index in [1.54, 1.807) is 17.0 Å². The van der Waals surface area contributed by atoms with Crippen LogP contribution in [0.1, 0.15) is 37.7 Å². The number of halogens is 2. The molecule has 5 nitrogen and oxygen atoms in total. The third kappa shape index (κ3) is 3.91. The van der Waals surface area contributed by atoms with Gasteiger partial charge in [0.1, 0.15) is 5.75 Å². The zero-order chi connectivity index (χ0) is 18.0. The number of rotatable bonds is 4. The number of anilines is 1. The SMILES string of the molecule is O=C(O)C1CCC(C(=O)N2CCCc3cc(OC(F)F)ccc32)CC1. The molecule has 0 spiro atoms. The number of carbonyl (C=O) groups excluding carboxylic acids is 1. The lowest BCUT2D eigenvalue weighted by Crippen LogP contribution is -2.41. The van der Waals surface area contributed by atoms with Crippen LogP contribution in [-0.4, -0.2) is 30.1 Å². The molecule has 1 N–H and O–H groups in total. The fourth-order valence-electron chi connectivity index (χ4n) is 3.79. The van der Waals surface area contributed by atoms with Crippen LogP contribution in [0.5, 0.6) is 5.75 Å². The highest BCUT2D eigenvalue weighted by Crippen LogP contribution is 2.35. The van der Waals surface area contributed by atoms with Gasteiger partial charge in [0.25, 0.3) is 0 Å². The normalized spacial score (nSPS) is 23.2. The molecule has 1 aromatic rings. The minimum atomic E-state index is -2.87. The van der Waals surface area contributed by atoms with Gasteiger partial charge in [0.15, 0.2) is 0 Å². The summed E-state index contributed by atoms with van der Waals surface area (Å²) in [7, 11) is 0. The van der Waals surface area contributed by atoms with E-state index < -0.39 is 12.6 Å². The number of nitrogens with zero attached hydrogens (tertiary/aromatic N) is 1. The van der Waals surface area contributed by atoms with Gasteiger partial charge >= 0.3 is 12.6 Å². The fraction of sp³-hybridized carbons (Fsp3) is 0.556. The highest BCUT2D eigenvalue weighted by atomic mass is 19.3. The van der Waals surface area contributed by atoms with Crippen molar-refractivity contribution < 1.29 is 28.2 Å². The monoisotopic (exact) mass is 353 g/mol. The summed E-state index contributed by atoms with van der Waals surface area (Å²) in [5.74, 6) is -1.21. The van der Waals surface area contributed by atoms with E-state index in [1.807, 2.05) is 0 Å². The van der Waals surface area contributed by atoms with E-state index in [2.05, 4.69) is 4.74 Å². The molecular formula is C18H21F2NO4. The van der Waals surface area contributed by atoms with E-state index in [0.717, 1.165) is 17.7 Å². The Hall–Kier alpha value is -2.18. The van der Waals surface area contributed by atoms with E-state index >= 15 is 0 Å². The Bertz CT molecular complexity index is 656. The smallest absolute Gasteiger partial charge is 0.387 e. The first kappa shape index (κ1) is 17.6. The summed E-state index contributed by atoms with van der Waals surface area (Å²) < 4.78 is 29.2. The van der Waals surface area contributed by atoms with Crippen LogP contribution in [0.25, 0.3) is 0 Å². The average molecular weight is 353 g/mol. The van der Waals surface area contributed by atoms with Crippen molar-refractivity contribution in [2.75, 3.05) is 11.4 Å². The molecule has 2 aliphatic rings. The van der Waals surface area contributed by atoms with Crippen LogP contribution in [0.4, 0.5) is 14.5 Å². The number of benzene rings is 1. The van der Waals surface area contributed by atoms with Crippen molar-refractivity contribution in [3.05, 3.63) is 23.8 Å². The summed E-state index contributed by atoms with van der Waals surface area (Å²) in [6.07, 6.45) is 3.68. The molecule has 1 aliphatic carbocycles. The number of hydrogen-bond donors (Lipinski definition) is 1. The topological polar surface area (TPSA) is 66.8 Å². The van der Waals surface area contributed by atoms with Gasteiger partial charge in [-0.25, -0.2) is 0 Å². The third-order valence-electron chi connectivity index (χ3n) is 5.09. The van der Waals surface area contributed by atoms with Crippen LogP contribution in [0.2, 0.25) is 0 Å². The van der Waals surface area contributed by atoms with Crippen LogP contribution >= 0.6 is 0 Å². The van der Waals surface area contributed by atoms with Crippen LogP contribution in [0.3, 0.4) is 0 Å². The molecule has 136 valence electrons. The van der Waals surface area contributed by atoms with E-state index in [0.29, 0.717) is 38.6 Å². The van der Waals surface area contributed by atoms with Crippen LogP contribution in [-0.2, 0) is 16.0 Å². The third-order valence-corrected chi connectivity index (χ3v) is 5.09. The van der Waals surface area contributed by atoms with Gasteiger partial charge in [0.2, 0.25) is 5.91 Å². The number of fused-ring (bicyclic) bond motifs is 1. The maximum Gasteiger partial charge on any atom is 0.387 e. The maximum absolute atomic E-state index is 12.9. The molecule has 1 saturated carbocycles. The molecule has 0 atom stereocenters. The number of ether oxygens (including phenoxy) is 1. The Morgan fingerprint density at radius 1 is 1.16 bits per heavy atom. The van der Waals surface area contributed by atoms with Gasteiger partial charge in [0, 0.05) is 18.2 Å². The maximum atomic E-state index is 12.9. The van der Waals surface area contributed by atoms with Gasteiger partial charge < -0.3 is 14.7 Å². The highest BCUT2D eigenvalue weighted by molar-refractivity contribution is 5.96. The average Bonchev–Trinajstić information content (AvgIpc) is 2.60. The lowest BCUT2D eigenvalue weighted by molar-refractivity contribution is -0.144. The number of carboxylic acid groups (broad SMARTS) is 1. The zero-order valence-electron chi connectivity index (χ0n) is 13.8. The minimum Gasteiger partial charge on any atom is -0.481 e. The molecule has 1 aliphatic heterocycles. The van der Waals surface area contributed by atoms with Crippen molar-refractivity contribution in [1.82, 2.24) is 0 Å². The summed E-state index contributed by atoms with van der Waals surface area (Å²) in [4.78, 5) is 25.6. The molecule has 0 radical (unpaired) electrons. The molecule has 3 rings (SSSR count). The quantitative estimate of drug-likeness (QED) is 0.900. The lowest BCUT2D eigenvalue weighted by atomic mass is 9.81. The van der Waals surface area contributed by atoms with Gasteiger partial charge in [-0.1, -0.05) is 0 Å². The lowest BCUT2D eigenvalue weighted by Gasteiger charge is -2.34. The first-order chi connectivity index (χ1) is 12.0. The Labute approximate surface area is 144 Å². The summed E-state index contributed by atoms with van der Waals surface area (Å²) in [5, 5.41) is 9.07. The highest BCUT2D eigenvalue weighted by Gasteiger charge is 2.34. The predicted octanol–water partition coefficient (Wildman–Crippen LogP) is 3.46. The molecule has 1 heterocycles. The number of carbonyl (C=O) groups is 2. The molecule has 0 saturated heterocycles. The van der Waals surface area contributed by atoms with Gasteiger partial charge in [-0.3, -0.25) is 9.59 Å². The molecule has 1 aromatic carbocycles. The summed E-state index contributed by atoms with van der Waals surface area (Å²) in [5.41, 5.74) is 1.58. The van der Waals surface area contributed by atoms with E-state index in [9.17, 15) is 18.4 Å². The number of aryl methyl sites for hydroxylation is 1. The van der Waals surface area contributed by atoms with E-state index in [1.165, 1.54) is 6.07 Å². The van der Waals surface area contributed by atoms with Crippen molar-refractivity contribution in [2.45, 2.75) is 45.1 Å². The molecule has 0 bridgehead atoms. The molecular weight excluding hydrogens is 332 g/mol. The van der Waals surface area contributed by atoms with Crippen LogP contribution in [0.15, 0.2) is 18.2 Å². The van der Waals surface area contributed by atoms with Gasteiger partial charge in [-0.05, 0) is 62.3 Å². The van der Waals surface area contributed by atoms with Crippen LogP contribution in [0, 0.1) is 11.8 Å². The molecule has 7 heteroatoms. The summed E-state index contributed by atoms with van der Waals surface area (Å²) in [6.45, 7) is -2.27.